The predicted octanol–water partition coefficient (Wildman–Crippen LogP) is 4.06. The predicted molar refractivity (Wildman–Crippen MR) is 92.5 cm³/mol. The van der Waals surface area contributed by atoms with Gasteiger partial charge in [-0.15, -0.1) is 0 Å². The standard InChI is InChI=1S/C18H17ClFNO4/c1-3-24-16-7-5-4-6-13(16)18(23)25-11(2)17(22)21-15-9-8-12(20)10-14(15)19/h4-11H,3H2,1-2H3,(H,21,22)/t11-/m0/s1. The van der Waals surface area contributed by atoms with E-state index in [0.717, 1.165) is 12.1 Å². The molecule has 1 atom stereocenters. The van der Waals surface area contributed by atoms with Crippen LogP contribution in [0.15, 0.2) is 42.5 Å². The Kier molecular flexibility index (Phi) is 6.36. The van der Waals surface area contributed by atoms with E-state index in [-0.39, 0.29) is 16.3 Å². The molecule has 0 aliphatic rings. The summed E-state index contributed by atoms with van der Waals surface area (Å²) in [5.41, 5.74) is 0.453. The van der Waals surface area contributed by atoms with E-state index in [1.807, 2.05) is 0 Å². The van der Waals surface area contributed by atoms with Gasteiger partial charge in [0.15, 0.2) is 6.10 Å². The number of hydrogen-bond acceptors (Lipinski definition) is 4. The summed E-state index contributed by atoms with van der Waals surface area (Å²) in [6.45, 7) is 3.61. The van der Waals surface area contributed by atoms with Crippen LogP contribution in [0.2, 0.25) is 5.02 Å². The third-order valence-electron chi connectivity index (χ3n) is 3.25. The number of benzene rings is 2. The van der Waals surface area contributed by atoms with Gasteiger partial charge in [0.05, 0.1) is 17.3 Å². The molecule has 0 heterocycles. The average molecular weight is 366 g/mol. The molecule has 1 amide bonds. The zero-order valence-electron chi connectivity index (χ0n) is 13.7. The van der Waals surface area contributed by atoms with E-state index in [2.05, 4.69) is 5.32 Å². The number of carbonyl (C=O) groups excluding carboxylic acids is 2. The van der Waals surface area contributed by atoms with E-state index >= 15 is 0 Å². The zero-order valence-corrected chi connectivity index (χ0v) is 14.5. The monoisotopic (exact) mass is 365 g/mol. The summed E-state index contributed by atoms with van der Waals surface area (Å²) in [6.07, 6.45) is -1.08. The molecule has 0 saturated carbocycles. The molecule has 0 aliphatic heterocycles. The van der Waals surface area contributed by atoms with Crippen molar-refractivity contribution in [1.29, 1.82) is 0 Å². The summed E-state index contributed by atoms with van der Waals surface area (Å²) in [5, 5.41) is 2.54. The van der Waals surface area contributed by atoms with Crippen molar-refractivity contribution >= 4 is 29.2 Å². The minimum Gasteiger partial charge on any atom is -0.493 e. The van der Waals surface area contributed by atoms with Crippen molar-refractivity contribution in [3.63, 3.8) is 0 Å². The zero-order chi connectivity index (χ0) is 18.4. The van der Waals surface area contributed by atoms with Crippen LogP contribution in [-0.2, 0) is 9.53 Å². The third kappa shape index (κ3) is 4.93. The molecule has 0 aromatic heterocycles. The lowest BCUT2D eigenvalue weighted by molar-refractivity contribution is -0.123. The molecule has 0 aliphatic carbocycles. The Hall–Kier alpha value is -2.60. The highest BCUT2D eigenvalue weighted by molar-refractivity contribution is 6.33. The summed E-state index contributed by atoms with van der Waals surface area (Å²) in [6, 6.07) is 10.2. The van der Waals surface area contributed by atoms with Crippen LogP contribution in [0, 0.1) is 5.82 Å². The van der Waals surface area contributed by atoms with Crippen molar-refractivity contribution in [3.05, 3.63) is 58.9 Å². The highest BCUT2D eigenvalue weighted by atomic mass is 35.5. The third-order valence-corrected chi connectivity index (χ3v) is 3.56. The molecule has 0 saturated heterocycles. The molecule has 2 rings (SSSR count). The fourth-order valence-corrected chi connectivity index (χ4v) is 2.23. The Morgan fingerprint density at radius 1 is 1.24 bits per heavy atom. The molecule has 5 nitrogen and oxygen atoms in total. The number of carbonyl (C=O) groups is 2. The average Bonchev–Trinajstić information content (AvgIpc) is 2.58. The summed E-state index contributed by atoms with van der Waals surface area (Å²) in [7, 11) is 0. The second-order valence-corrected chi connectivity index (χ2v) is 5.50. The fraction of sp³-hybridized carbons (Fsp3) is 0.222. The number of rotatable bonds is 6. The Labute approximate surface area is 149 Å². The van der Waals surface area contributed by atoms with Crippen molar-refractivity contribution in [2.45, 2.75) is 20.0 Å². The molecule has 0 bridgehead atoms. The first-order valence-electron chi connectivity index (χ1n) is 7.61. The maximum Gasteiger partial charge on any atom is 0.342 e. The van der Waals surface area contributed by atoms with E-state index < -0.39 is 23.8 Å². The Morgan fingerprint density at radius 2 is 1.96 bits per heavy atom. The maximum absolute atomic E-state index is 13.0. The molecule has 132 valence electrons. The van der Waals surface area contributed by atoms with Crippen molar-refractivity contribution in [2.75, 3.05) is 11.9 Å². The molecule has 0 radical (unpaired) electrons. The van der Waals surface area contributed by atoms with Gasteiger partial charge in [-0.2, -0.15) is 0 Å². The number of ether oxygens (including phenoxy) is 2. The molecule has 0 spiro atoms. The highest BCUT2D eigenvalue weighted by Crippen LogP contribution is 2.23. The van der Waals surface area contributed by atoms with Gasteiger partial charge in [-0.05, 0) is 44.2 Å². The van der Waals surface area contributed by atoms with Gasteiger partial charge in [-0.25, -0.2) is 9.18 Å². The quantitative estimate of drug-likeness (QED) is 0.784. The lowest BCUT2D eigenvalue weighted by atomic mass is 10.2. The first-order valence-corrected chi connectivity index (χ1v) is 7.99. The number of nitrogens with one attached hydrogen (secondary N) is 1. The minimum atomic E-state index is -1.08. The van der Waals surface area contributed by atoms with Crippen LogP contribution >= 0.6 is 11.6 Å². The van der Waals surface area contributed by atoms with Crippen LogP contribution in [-0.4, -0.2) is 24.6 Å². The minimum absolute atomic E-state index is 0.0496. The summed E-state index contributed by atoms with van der Waals surface area (Å²) >= 11 is 5.86. The molecule has 7 heteroatoms. The molecular formula is C18H17ClFNO4. The van der Waals surface area contributed by atoms with E-state index in [9.17, 15) is 14.0 Å². The Balaban J connectivity index is 2.04. The second-order valence-electron chi connectivity index (χ2n) is 5.09. The van der Waals surface area contributed by atoms with Crippen molar-refractivity contribution in [3.8, 4) is 5.75 Å². The summed E-state index contributed by atoms with van der Waals surface area (Å²) in [5.74, 6) is -1.41. The molecule has 0 unspecified atom stereocenters. The van der Waals surface area contributed by atoms with Crippen LogP contribution < -0.4 is 10.1 Å². The molecule has 0 fully saturated rings. The van der Waals surface area contributed by atoms with Gasteiger partial charge in [-0.3, -0.25) is 4.79 Å². The van der Waals surface area contributed by atoms with Crippen molar-refractivity contribution < 1.29 is 23.5 Å². The van der Waals surface area contributed by atoms with Gasteiger partial charge in [0, 0.05) is 0 Å². The number of esters is 1. The van der Waals surface area contributed by atoms with Crippen LogP contribution in [0.25, 0.3) is 0 Å². The number of anilines is 1. The molecular weight excluding hydrogens is 349 g/mol. The number of para-hydroxylation sites is 1. The smallest absolute Gasteiger partial charge is 0.342 e. The van der Waals surface area contributed by atoms with Gasteiger partial charge in [0.25, 0.3) is 5.91 Å². The van der Waals surface area contributed by atoms with Gasteiger partial charge in [0.2, 0.25) is 0 Å². The van der Waals surface area contributed by atoms with E-state index in [1.165, 1.54) is 13.0 Å². The van der Waals surface area contributed by atoms with Gasteiger partial charge in [0.1, 0.15) is 17.1 Å². The SMILES string of the molecule is CCOc1ccccc1C(=O)O[C@@H](C)C(=O)Nc1ccc(F)cc1Cl. The number of halogens is 2. The molecule has 1 N–H and O–H groups in total. The summed E-state index contributed by atoms with van der Waals surface area (Å²) < 4.78 is 23.6. The van der Waals surface area contributed by atoms with E-state index in [1.54, 1.807) is 31.2 Å². The first kappa shape index (κ1) is 18.7. The highest BCUT2D eigenvalue weighted by Gasteiger charge is 2.22. The Bertz CT molecular complexity index is 781. The van der Waals surface area contributed by atoms with Gasteiger partial charge in [-0.1, -0.05) is 23.7 Å². The lowest BCUT2D eigenvalue weighted by Crippen LogP contribution is -2.30. The van der Waals surface area contributed by atoms with Crippen LogP contribution in [0.3, 0.4) is 0 Å². The second kappa shape index (κ2) is 8.48. The fourth-order valence-electron chi connectivity index (χ4n) is 2.02. The first-order chi connectivity index (χ1) is 11.9. The van der Waals surface area contributed by atoms with E-state index in [0.29, 0.717) is 12.4 Å². The van der Waals surface area contributed by atoms with E-state index in [4.69, 9.17) is 21.1 Å². The number of hydrogen-bond donors (Lipinski definition) is 1. The molecule has 2 aromatic carbocycles. The van der Waals surface area contributed by atoms with Crippen molar-refractivity contribution in [2.24, 2.45) is 0 Å². The molecule has 2 aromatic rings. The number of amides is 1. The van der Waals surface area contributed by atoms with Crippen LogP contribution in [0.5, 0.6) is 5.75 Å². The van der Waals surface area contributed by atoms with Crippen LogP contribution in [0.4, 0.5) is 10.1 Å². The largest absolute Gasteiger partial charge is 0.493 e. The normalized spacial score (nSPS) is 11.5. The van der Waals surface area contributed by atoms with Crippen molar-refractivity contribution in [1.82, 2.24) is 0 Å². The molecule has 25 heavy (non-hydrogen) atoms. The topological polar surface area (TPSA) is 64.6 Å². The van der Waals surface area contributed by atoms with Gasteiger partial charge >= 0.3 is 5.97 Å². The van der Waals surface area contributed by atoms with Gasteiger partial charge < -0.3 is 14.8 Å². The van der Waals surface area contributed by atoms with Crippen LogP contribution in [0.1, 0.15) is 24.2 Å². The maximum atomic E-state index is 13.0. The Morgan fingerprint density at radius 3 is 2.64 bits per heavy atom. The lowest BCUT2D eigenvalue weighted by Gasteiger charge is -2.15. The summed E-state index contributed by atoms with van der Waals surface area (Å²) in [4.78, 5) is 24.4.